The van der Waals surface area contributed by atoms with Crippen LogP contribution in [-0.2, 0) is 27.3 Å². The number of amides is 2. The highest BCUT2D eigenvalue weighted by Gasteiger charge is 2.27. The normalized spacial score (nSPS) is 14.4. The van der Waals surface area contributed by atoms with E-state index in [1.165, 1.54) is 11.8 Å². The summed E-state index contributed by atoms with van der Waals surface area (Å²) in [7, 11) is 0. The number of carboxylic acid groups (broad SMARTS) is 1. The number of fused-ring (bicyclic) bond motifs is 1. The van der Waals surface area contributed by atoms with Crippen LogP contribution in [0.1, 0.15) is 37.9 Å². The molecule has 0 bridgehead atoms. The lowest BCUT2D eigenvalue weighted by Crippen LogP contribution is -2.54. The van der Waals surface area contributed by atoms with E-state index in [1.807, 2.05) is 53.6 Å². The maximum Gasteiger partial charge on any atom is 0.326 e. The molecule has 0 aliphatic carbocycles. The van der Waals surface area contributed by atoms with E-state index >= 15 is 0 Å². The van der Waals surface area contributed by atoms with Crippen molar-refractivity contribution in [3.63, 3.8) is 0 Å². The number of hydrogen-bond donors (Lipinski definition) is 5. The van der Waals surface area contributed by atoms with Gasteiger partial charge in [-0.1, -0.05) is 62.7 Å². The minimum absolute atomic E-state index is 0.0194. The van der Waals surface area contributed by atoms with Crippen LogP contribution in [0.25, 0.3) is 10.8 Å². The molecule has 11 heteroatoms. The number of rotatable bonds is 17. The minimum Gasteiger partial charge on any atom is -0.480 e. The Morgan fingerprint density at radius 2 is 1.90 bits per heavy atom. The molecule has 3 rings (SSSR count). The van der Waals surface area contributed by atoms with Crippen molar-refractivity contribution in [1.82, 2.24) is 25.5 Å². The van der Waals surface area contributed by atoms with Crippen LogP contribution in [0.4, 0.5) is 0 Å². The van der Waals surface area contributed by atoms with Crippen LogP contribution in [0.2, 0.25) is 0 Å². The van der Waals surface area contributed by atoms with Crippen molar-refractivity contribution in [2.24, 2.45) is 11.7 Å². The molecule has 3 unspecified atom stereocenters. The largest absolute Gasteiger partial charge is 0.480 e. The Kier molecular flexibility index (Phi) is 12.6. The van der Waals surface area contributed by atoms with E-state index in [1.54, 1.807) is 12.5 Å². The molecule has 2 aromatic carbocycles. The zero-order chi connectivity index (χ0) is 29.8. The number of thioether (sulfide) groups is 1. The predicted octanol–water partition coefficient (Wildman–Crippen LogP) is 2.79. The molecule has 0 saturated carbocycles. The third-order valence-corrected chi connectivity index (χ3v) is 7.96. The van der Waals surface area contributed by atoms with E-state index in [-0.39, 0.29) is 30.3 Å². The number of aromatic amines is 1. The van der Waals surface area contributed by atoms with Gasteiger partial charge in [-0.3, -0.25) is 14.5 Å². The van der Waals surface area contributed by atoms with Gasteiger partial charge in [0.2, 0.25) is 11.8 Å². The fourth-order valence-electron chi connectivity index (χ4n) is 4.73. The van der Waals surface area contributed by atoms with E-state index in [4.69, 9.17) is 5.73 Å². The molecule has 222 valence electrons. The molecule has 0 saturated heterocycles. The zero-order valence-corrected chi connectivity index (χ0v) is 24.8. The quantitative estimate of drug-likeness (QED) is 0.163. The highest BCUT2D eigenvalue weighted by Crippen LogP contribution is 2.21. The van der Waals surface area contributed by atoms with Crippen LogP contribution in [-0.4, -0.2) is 81.0 Å². The molecular weight excluding hydrogens is 540 g/mol. The molecule has 3 aromatic rings. The van der Waals surface area contributed by atoms with Gasteiger partial charge in [0.15, 0.2) is 0 Å². The molecule has 0 aliphatic rings. The number of imidazole rings is 1. The van der Waals surface area contributed by atoms with Gasteiger partial charge in [0.25, 0.3) is 0 Å². The number of nitrogens with one attached hydrogen (secondary N) is 3. The fourth-order valence-corrected chi connectivity index (χ4v) is 5.20. The number of nitrogens with zero attached hydrogens (tertiary/aromatic N) is 2. The molecular formula is C30H42N6O4S. The Labute approximate surface area is 245 Å². The molecule has 41 heavy (non-hydrogen) atoms. The van der Waals surface area contributed by atoms with Gasteiger partial charge in [-0.25, -0.2) is 9.78 Å². The Hall–Kier alpha value is -3.41. The summed E-state index contributed by atoms with van der Waals surface area (Å²) in [5.74, 6) is -0.983. The van der Waals surface area contributed by atoms with Crippen molar-refractivity contribution < 1.29 is 19.5 Å². The summed E-state index contributed by atoms with van der Waals surface area (Å²) in [6.45, 7) is 4.92. The zero-order valence-electron chi connectivity index (χ0n) is 24.0. The topological polar surface area (TPSA) is 153 Å². The van der Waals surface area contributed by atoms with Crippen molar-refractivity contribution in [1.29, 1.82) is 0 Å². The summed E-state index contributed by atoms with van der Waals surface area (Å²) < 4.78 is 0. The average Bonchev–Trinajstić information content (AvgIpc) is 3.47. The number of aliphatic carboxylic acids is 1. The van der Waals surface area contributed by atoms with Crippen molar-refractivity contribution in [2.45, 2.75) is 57.8 Å². The average molecular weight is 583 g/mol. The van der Waals surface area contributed by atoms with Crippen molar-refractivity contribution in [2.75, 3.05) is 25.1 Å². The first-order valence-corrected chi connectivity index (χ1v) is 15.3. The van der Waals surface area contributed by atoms with Crippen LogP contribution >= 0.6 is 11.8 Å². The van der Waals surface area contributed by atoms with E-state index in [0.29, 0.717) is 37.4 Å². The van der Waals surface area contributed by atoms with E-state index in [9.17, 15) is 19.5 Å². The minimum atomic E-state index is -1.05. The molecule has 0 spiro atoms. The second kappa shape index (κ2) is 16.1. The van der Waals surface area contributed by atoms with Gasteiger partial charge in [0.1, 0.15) is 6.04 Å². The van der Waals surface area contributed by atoms with E-state index in [2.05, 4.69) is 34.4 Å². The molecule has 1 aromatic heterocycles. The second-order valence-corrected chi connectivity index (χ2v) is 11.4. The number of hydrogen-bond acceptors (Lipinski definition) is 7. The van der Waals surface area contributed by atoms with Crippen LogP contribution in [0.15, 0.2) is 55.0 Å². The van der Waals surface area contributed by atoms with Crippen LogP contribution < -0.4 is 16.4 Å². The van der Waals surface area contributed by atoms with Crippen molar-refractivity contribution >= 4 is 40.3 Å². The number of aromatic nitrogens is 2. The van der Waals surface area contributed by atoms with Crippen molar-refractivity contribution in [3.8, 4) is 0 Å². The molecule has 6 N–H and O–H groups in total. The Morgan fingerprint density at radius 3 is 2.59 bits per heavy atom. The lowest BCUT2D eigenvalue weighted by atomic mass is 9.97. The Bertz CT molecular complexity index is 1270. The maximum absolute atomic E-state index is 13.2. The molecule has 4 atom stereocenters. The third kappa shape index (κ3) is 9.87. The van der Waals surface area contributed by atoms with E-state index < -0.39 is 18.1 Å². The summed E-state index contributed by atoms with van der Waals surface area (Å²) in [6.07, 6.45) is 6.62. The van der Waals surface area contributed by atoms with Gasteiger partial charge < -0.3 is 26.5 Å². The molecule has 1 heterocycles. The highest BCUT2D eigenvalue weighted by atomic mass is 32.2. The fraction of sp³-hybridized carbons (Fsp3) is 0.467. The first-order chi connectivity index (χ1) is 19.7. The maximum atomic E-state index is 13.2. The molecule has 0 aliphatic heterocycles. The monoisotopic (exact) mass is 582 g/mol. The lowest BCUT2D eigenvalue weighted by Gasteiger charge is -2.32. The SMILES string of the molecule is CCC(C)C(CN(CC(=O)NC(CCSC)C(=O)O)Cc1cccc2ccccc12)NC(=O)[C@@H](N)Cc1c[nH]cn1. The standard InChI is InChI=1S/C30H42N6O4S/c1-4-20(2)27(35-29(38)25(31)14-23-15-32-19-33-23)17-36(18-28(37)34-26(30(39)40)12-13-41-3)16-22-10-7-9-21-8-5-6-11-24(21)22/h5-11,15,19-20,25-27H,4,12-14,16-18,31H2,1-3H3,(H,32,33)(H,34,37)(H,35,38)(H,39,40)/t20?,25-,26?,27?/m0/s1. The molecule has 2 amide bonds. The van der Waals surface area contributed by atoms with Gasteiger partial charge >= 0.3 is 5.97 Å². The summed E-state index contributed by atoms with van der Waals surface area (Å²) in [5, 5.41) is 17.6. The summed E-state index contributed by atoms with van der Waals surface area (Å²) in [6, 6.07) is 12.1. The van der Waals surface area contributed by atoms with Crippen LogP contribution in [0, 0.1) is 5.92 Å². The smallest absolute Gasteiger partial charge is 0.326 e. The number of nitrogens with two attached hydrogens (primary N) is 1. The van der Waals surface area contributed by atoms with Gasteiger partial charge in [0, 0.05) is 31.7 Å². The summed E-state index contributed by atoms with van der Waals surface area (Å²) >= 11 is 1.53. The Morgan fingerprint density at radius 1 is 1.15 bits per heavy atom. The number of benzene rings is 2. The molecule has 0 radical (unpaired) electrons. The van der Waals surface area contributed by atoms with E-state index in [0.717, 1.165) is 22.8 Å². The number of H-pyrrole nitrogens is 1. The van der Waals surface area contributed by atoms with Gasteiger partial charge in [-0.15, -0.1) is 0 Å². The number of carbonyl (C=O) groups is 3. The van der Waals surface area contributed by atoms with Gasteiger partial charge in [-0.2, -0.15) is 11.8 Å². The second-order valence-electron chi connectivity index (χ2n) is 10.4. The summed E-state index contributed by atoms with van der Waals surface area (Å²) in [4.78, 5) is 47.1. The lowest BCUT2D eigenvalue weighted by molar-refractivity contribution is -0.142. The molecule has 10 nitrogen and oxygen atoms in total. The summed E-state index contributed by atoms with van der Waals surface area (Å²) in [5.41, 5.74) is 7.96. The first kappa shape index (κ1) is 32.1. The Balaban J connectivity index is 1.82. The predicted molar refractivity (Wildman–Crippen MR) is 163 cm³/mol. The molecule has 0 fully saturated rings. The van der Waals surface area contributed by atoms with Crippen LogP contribution in [0.5, 0.6) is 0 Å². The first-order valence-electron chi connectivity index (χ1n) is 14.0. The highest BCUT2D eigenvalue weighted by molar-refractivity contribution is 7.98. The van der Waals surface area contributed by atoms with Gasteiger partial charge in [-0.05, 0) is 40.7 Å². The van der Waals surface area contributed by atoms with Crippen molar-refractivity contribution in [3.05, 3.63) is 66.2 Å². The van der Waals surface area contributed by atoms with Gasteiger partial charge in [0.05, 0.1) is 24.6 Å². The third-order valence-electron chi connectivity index (χ3n) is 7.32. The number of carboxylic acids is 1. The number of carbonyl (C=O) groups excluding carboxylic acids is 2. The van der Waals surface area contributed by atoms with Crippen LogP contribution in [0.3, 0.4) is 0 Å².